The summed E-state index contributed by atoms with van der Waals surface area (Å²) in [6, 6.07) is 16.4. The first-order valence-electron chi connectivity index (χ1n) is 9.91. The van der Waals surface area contributed by atoms with Crippen LogP contribution in [0.3, 0.4) is 0 Å². The fraction of sp³-hybridized carbons (Fsp3) is 0.391. The molecule has 1 heterocycles. The van der Waals surface area contributed by atoms with Crippen LogP contribution in [0.15, 0.2) is 54.6 Å². The number of hydrogen-bond acceptors (Lipinski definition) is 2. The van der Waals surface area contributed by atoms with Gasteiger partial charge in [0.15, 0.2) is 0 Å². The third kappa shape index (κ3) is 4.08. The van der Waals surface area contributed by atoms with Crippen LogP contribution in [0, 0.1) is 5.82 Å². The molecule has 1 atom stereocenters. The van der Waals surface area contributed by atoms with E-state index < -0.39 is 5.54 Å². The summed E-state index contributed by atoms with van der Waals surface area (Å²) in [6.07, 6.45) is 4.62. The summed E-state index contributed by atoms with van der Waals surface area (Å²) in [5.41, 5.74) is 1.46. The predicted molar refractivity (Wildman–Crippen MR) is 105 cm³/mol. The Morgan fingerprint density at radius 2 is 1.75 bits per heavy atom. The smallest absolute Gasteiger partial charge is 0.220 e. The van der Waals surface area contributed by atoms with E-state index in [-0.39, 0.29) is 23.2 Å². The minimum Gasteiger partial charge on any atom is -0.350 e. The van der Waals surface area contributed by atoms with Gasteiger partial charge in [0.2, 0.25) is 11.8 Å². The number of amides is 2. The molecule has 146 valence electrons. The van der Waals surface area contributed by atoms with Crippen molar-refractivity contribution in [2.45, 2.75) is 56.0 Å². The Labute approximate surface area is 164 Å². The molecule has 2 amide bonds. The molecule has 1 unspecified atom stereocenters. The lowest BCUT2D eigenvalue weighted by Gasteiger charge is -2.30. The van der Waals surface area contributed by atoms with Crippen LogP contribution >= 0.6 is 0 Å². The second-order valence-corrected chi connectivity index (χ2v) is 8.13. The van der Waals surface area contributed by atoms with Crippen LogP contribution in [0.4, 0.5) is 4.39 Å². The van der Waals surface area contributed by atoms with Crippen molar-refractivity contribution in [3.8, 4) is 0 Å². The van der Waals surface area contributed by atoms with Gasteiger partial charge in [0.1, 0.15) is 5.82 Å². The fourth-order valence-corrected chi connectivity index (χ4v) is 4.23. The number of halogens is 1. The van der Waals surface area contributed by atoms with E-state index in [1.807, 2.05) is 18.2 Å². The Bertz CT molecular complexity index is 862. The van der Waals surface area contributed by atoms with E-state index in [0.29, 0.717) is 32.1 Å². The molecule has 1 aliphatic carbocycles. The number of carbonyl (C=O) groups excluding carboxylic acids is 2. The molecule has 2 fully saturated rings. The SMILES string of the molecule is O=C1CCC(CCC(=O)NC2(c3ccccc3)CC2)(Cc2ccc(F)cc2)N1. The van der Waals surface area contributed by atoms with Crippen molar-refractivity contribution >= 4 is 11.8 Å². The third-order valence-corrected chi connectivity index (χ3v) is 5.98. The summed E-state index contributed by atoms with van der Waals surface area (Å²) in [5, 5.41) is 6.29. The average Bonchev–Trinajstić information content (AvgIpc) is 3.39. The Hall–Kier alpha value is -2.69. The molecule has 2 aliphatic rings. The van der Waals surface area contributed by atoms with Gasteiger partial charge in [-0.3, -0.25) is 9.59 Å². The number of carbonyl (C=O) groups is 2. The van der Waals surface area contributed by atoms with Gasteiger partial charge in [-0.2, -0.15) is 0 Å². The molecule has 2 aromatic carbocycles. The van der Waals surface area contributed by atoms with Crippen molar-refractivity contribution in [3.05, 3.63) is 71.5 Å². The fourth-order valence-electron chi connectivity index (χ4n) is 4.23. The summed E-state index contributed by atoms with van der Waals surface area (Å²) < 4.78 is 13.2. The second kappa shape index (κ2) is 7.38. The van der Waals surface area contributed by atoms with Crippen LogP contribution in [0.2, 0.25) is 0 Å². The Morgan fingerprint density at radius 3 is 2.36 bits per heavy atom. The van der Waals surface area contributed by atoms with Gasteiger partial charge in [0, 0.05) is 18.4 Å². The Morgan fingerprint density at radius 1 is 1.04 bits per heavy atom. The van der Waals surface area contributed by atoms with Gasteiger partial charge in [-0.15, -0.1) is 0 Å². The molecule has 1 saturated heterocycles. The molecule has 5 heteroatoms. The Balaban J connectivity index is 1.40. The van der Waals surface area contributed by atoms with E-state index >= 15 is 0 Å². The first kappa shape index (κ1) is 18.7. The first-order valence-corrected chi connectivity index (χ1v) is 9.91. The van der Waals surface area contributed by atoms with Crippen LogP contribution < -0.4 is 10.6 Å². The van der Waals surface area contributed by atoms with Gasteiger partial charge in [-0.05, 0) is 55.4 Å². The van der Waals surface area contributed by atoms with E-state index in [9.17, 15) is 14.0 Å². The highest BCUT2D eigenvalue weighted by Crippen LogP contribution is 2.45. The van der Waals surface area contributed by atoms with Crippen LogP contribution in [-0.4, -0.2) is 17.4 Å². The zero-order valence-electron chi connectivity index (χ0n) is 15.8. The lowest BCUT2D eigenvalue weighted by atomic mass is 9.85. The highest BCUT2D eigenvalue weighted by Gasteiger charge is 2.46. The largest absolute Gasteiger partial charge is 0.350 e. The third-order valence-electron chi connectivity index (χ3n) is 5.98. The summed E-state index contributed by atoms with van der Waals surface area (Å²) in [4.78, 5) is 24.6. The van der Waals surface area contributed by atoms with E-state index in [4.69, 9.17) is 0 Å². The molecule has 2 N–H and O–H groups in total. The molecule has 0 aromatic heterocycles. The molecule has 1 saturated carbocycles. The molecule has 1 aliphatic heterocycles. The maximum Gasteiger partial charge on any atom is 0.220 e. The summed E-state index contributed by atoms with van der Waals surface area (Å²) in [6.45, 7) is 0. The van der Waals surface area contributed by atoms with Crippen molar-refractivity contribution in [2.24, 2.45) is 0 Å². The maximum atomic E-state index is 13.2. The molecule has 4 rings (SSSR count). The highest BCUT2D eigenvalue weighted by molar-refractivity contribution is 5.80. The summed E-state index contributed by atoms with van der Waals surface area (Å²) >= 11 is 0. The highest BCUT2D eigenvalue weighted by atomic mass is 19.1. The van der Waals surface area contributed by atoms with E-state index in [0.717, 1.165) is 24.0 Å². The molecular formula is C23H25FN2O2. The molecule has 0 radical (unpaired) electrons. The van der Waals surface area contributed by atoms with Gasteiger partial charge in [0.05, 0.1) is 5.54 Å². The second-order valence-electron chi connectivity index (χ2n) is 8.13. The zero-order valence-corrected chi connectivity index (χ0v) is 15.8. The van der Waals surface area contributed by atoms with Gasteiger partial charge in [-0.1, -0.05) is 42.5 Å². The predicted octanol–water partition coefficient (Wildman–Crippen LogP) is 3.60. The molecule has 28 heavy (non-hydrogen) atoms. The lowest BCUT2D eigenvalue weighted by molar-refractivity contribution is -0.123. The van der Waals surface area contributed by atoms with Gasteiger partial charge in [0.25, 0.3) is 0 Å². The maximum absolute atomic E-state index is 13.2. The summed E-state index contributed by atoms with van der Waals surface area (Å²) in [7, 11) is 0. The van der Waals surface area contributed by atoms with Gasteiger partial charge >= 0.3 is 0 Å². The topological polar surface area (TPSA) is 58.2 Å². The lowest BCUT2D eigenvalue weighted by Crippen LogP contribution is -2.45. The monoisotopic (exact) mass is 380 g/mol. The Kier molecular flexibility index (Phi) is 4.92. The van der Waals surface area contributed by atoms with Crippen molar-refractivity contribution in [1.29, 1.82) is 0 Å². The van der Waals surface area contributed by atoms with Gasteiger partial charge in [-0.25, -0.2) is 4.39 Å². The van der Waals surface area contributed by atoms with Crippen LogP contribution in [0.5, 0.6) is 0 Å². The molecule has 0 bridgehead atoms. The van der Waals surface area contributed by atoms with Crippen molar-refractivity contribution < 1.29 is 14.0 Å². The molecule has 4 nitrogen and oxygen atoms in total. The minimum absolute atomic E-state index is 0.0148. The van der Waals surface area contributed by atoms with Crippen molar-refractivity contribution in [1.82, 2.24) is 10.6 Å². The average molecular weight is 380 g/mol. The molecule has 2 aromatic rings. The van der Waals surface area contributed by atoms with Crippen LogP contribution in [-0.2, 0) is 21.5 Å². The van der Waals surface area contributed by atoms with Crippen molar-refractivity contribution in [2.75, 3.05) is 0 Å². The zero-order chi connectivity index (χ0) is 19.6. The van der Waals surface area contributed by atoms with E-state index in [1.165, 1.54) is 12.1 Å². The normalized spacial score (nSPS) is 22.5. The number of nitrogens with one attached hydrogen (secondary N) is 2. The number of hydrogen-bond donors (Lipinski definition) is 2. The van der Waals surface area contributed by atoms with Crippen LogP contribution in [0.1, 0.15) is 49.7 Å². The van der Waals surface area contributed by atoms with E-state index in [1.54, 1.807) is 12.1 Å². The first-order chi connectivity index (χ1) is 13.5. The molecular weight excluding hydrogens is 355 g/mol. The number of rotatable bonds is 7. The summed E-state index contributed by atoms with van der Waals surface area (Å²) in [5.74, 6) is -0.241. The van der Waals surface area contributed by atoms with E-state index in [2.05, 4.69) is 22.8 Å². The van der Waals surface area contributed by atoms with Crippen LogP contribution in [0.25, 0.3) is 0 Å². The standard InChI is InChI=1S/C23H25FN2O2/c24-19-8-6-17(7-9-19)16-22(12-10-20(27)25-22)13-11-21(28)26-23(14-15-23)18-4-2-1-3-5-18/h1-9H,10-16H2,(H,25,27)(H,26,28). The minimum atomic E-state index is -0.435. The quantitative estimate of drug-likeness (QED) is 0.771. The van der Waals surface area contributed by atoms with Gasteiger partial charge < -0.3 is 10.6 Å². The number of benzene rings is 2. The van der Waals surface area contributed by atoms with Crippen molar-refractivity contribution in [3.63, 3.8) is 0 Å². The molecule has 0 spiro atoms.